The molecule has 2 N–H and O–H groups in total. The second-order valence-corrected chi connectivity index (χ2v) is 3.40. The van der Waals surface area contributed by atoms with Gasteiger partial charge in [0.25, 0.3) is 0 Å². The predicted octanol–water partition coefficient (Wildman–Crippen LogP) is 0.745. The van der Waals surface area contributed by atoms with Crippen molar-refractivity contribution in [3.8, 4) is 0 Å². The van der Waals surface area contributed by atoms with Crippen LogP contribution in [0.2, 0.25) is 0 Å². The topological polar surface area (TPSA) is 26.0 Å². The first kappa shape index (κ1) is 3.90. The van der Waals surface area contributed by atoms with Crippen LogP contribution in [0, 0.1) is 10.8 Å². The Hall–Kier alpha value is -0.0400. The minimum absolute atomic E-state index is 0.674. The second kappa shape index (κ2) is 0.655. The van der Waals surface area contributed by atoms with E-state index in [-0.39, 0.29) is 0 Å². The molecule has 0 bridgehead atoms. The van der Waals surface area contributed by atoms with Crippen molar-refractivity contribution in [3.63, 3.8) is 0 Å². The zero-order valence-corrected chi connectivity index (χ0v) is 4.70. The van der Waals surface area contributed by atoms with Gasteiger partial charge < -0.3 is 5.73 Å². The van der Waals surface area contributed by atoms with Gasteiger partial charge >= 0.3 is 0 Å². The largest absolute Gasteiger partial charge is 0.330 e. The van der Waals surface area contributed by atoms with E-state index in [1.54, 1.807) is 0 Å². The Labute approximate surface area is 43.9 Å². The fourth-order valence-corrected chi connectivity index (χ4v) is 1.74. The smallest absolute Gasteiger partial charge is 0.00149 e. The molecule has 7 heavy (non-hydrogen) atoms. The highest BCUT2D eigenvalue weighted by Gasteiger charge is 2.78. The van der Waals surface area contributed by atoms with Gasteiger partial charge in [-0.1, -0.05) is 6.92 Å². The fourth-order valence-electron chi connectivity index (χ4n) is 1.74. The van der Waals surface area contributed by atoms with E-state index in [4.69, 9.17) is 5.73 Å². The molecule has 0 aromatic heterocycles. The third kappa shape index (κ3) is 0.235. The van der Waals surface area contributed by atoms with E-state index in [1.807, 2.05) is 0 Å². The van der Waals surface area contributed by atoms with Crippen molar-refractivity contribution in [1.29, 1.82) is 0 Å². The van der Waals surface area contributed by atoms with Gasteiger partial charge in [-0.15, -0.1) is 0 Å². The van der Waals surface area contributed by atoms with Gasteiger partial charge in [-0.25, -0.2) is 0 Å². The van der Waals surface area contributed by atoms with Crippen molar-refractivity contribution >= 4 is 0 Å². The molecule has 2 aliphatic carbocycles. The number of hydrogen-bond acceptors (Lipinski definition) is 1. The second-order valence-electron chi connectivity index (χ2n) is 3.40. The zero-order chi connectivity index (χ0) is 5.12. The maximum absolute atomic E-state index is 5.49. The molecule has 0 aromatic rings. The van der Waals surface area contributed by atoms with Crippen molar-refractivity contribution in [3.05, 3.63) is 0 Å². The molecule has 0 radical (unpaired) electrons. The van der Waals surface area contributed by atoms with Crippen LogP contribution < -0.4 is 5.73 Å². The lowest BCUT2D eigenvalue weighted by Crippen LogP contribution is -2.05. The lowest BCUT2D eigenvalue weighted by Gasteiger charge is -1.90. The van der Waals surface area contributed by atoms with E-state index in [9.17, 15) is 0 Å². The van der Waals surface area contributed by atoms with Crippen molar-refractivity contribution < 1.29 is 0 Å². The highest BCUT2D eigenvalue weighted by Crippen LogP contribution is 2.85. The summed E-state index contributed by atoms with van der Waals surface area (Å²) < 4.78 is 0. The van der Waals surface area contributed by atoms with Crippen LogP contribution in [0.4, 0.5) is 0 Å². The first-order chi connectivity index (χ1) is 3.22. The molecule has 0 atom stereocenters. The minimum Gasteiger partial charge on any atom is -0.330 e. The van der Waals surface area contributed by atoms with Gasteiger partial charge in [0.2, 0.25) is 0 Å². The fraction of sp³-hybridized carbons (Fsp3) is 1.00. The molecule has 0 saturated heterocycles. The molecule has 0 aliphatic heterocycles. The van der Waals surface area contributed by atoms with E-state index in [2.05, 4.69) is 6.92 Å². The summed E-state index contributed by atoms with van der Waals surface area (Å²) in [6, 6.07) is 0. The Morgan fingerprint density at radius 1 is 1.57 bits per heavy atom. The SMILES string of the molecule is CC12CC1(CN)C2. The van der Waals surface area contributed by atoms with Gasteiger partial charge in [-0.2, -0.15) is 0 Å². The van der Waals surface area contributed by atoms with E-state index in [0.29, 0.717) is 5.41 Å². The van der Waals surface area contributed by atoms with Crippen molar-refractivity contribution in [2.24, 2.45) is 16.6 Å². The van der Waals surface area contributed by atoms with Crippen LogP contribution in [0.5, 0.6) is 0 Å². The average Bonchev–Trinajstić information content (AvgIpc) is 2.24. The standard InChI is InChI=1S/C6H11N/c1-5-2-6(5,3-5)4-7/h2-4,7H2,1H3. The van der Waals surface area contributed by atoms with Crippen LogP contribution in [-0.2, 0) is 0 Å². The monoisotopic (exact) mass is 97.1 g/mol. The van der Waals surface area contributed by atoms with Crippen LogP contribution in [0.1, 0.15) is 19.8 Å². The van der Waals surface area contributed by atoms with Gasteiger partial charge in [0, 0.05) is 0 Å². The molecule has 0 spiro atoms. The van der Waals surface area contributed by atoms with Crippen molar-refractivity contribution in [2.45, 2.75) is 19.8 Å². The quantitative estimate of drug-likeness (QED) is 0.513. The lowest BCUT2D eigenvalue weighted by atomic mass is 10.2. The molecule has 1 nitrogen and oxygen atoms in total. The number of hydrogen-bond donors (Lipinski definition) is 1. The molecular weight excluding hydrogens is 86.1 g/mol. The maximum Gasteiger partial charge on any atom is -0.00149 e. The summed E-state index contributed by atoms with van der Waals surface area (Å²) in [4.78, 5) is 0. The Morgan fingerprint density at radius 3 is 2.00 bits per heavy atom. The summed E-state index contributed by atoms with van der Waals surface area (Å²) in [5.41, 5.74) is 6.91. The summed E-state index contributed by atoms with van der Waals surface area (Å²) in [6.07, 6.45) is 2.83. The van der Waals surface area contributed by atoms with E-state index in [1.165, 1.54) is 12.8 Å². The molecule has 0 heterocycles. The van der Waals surface area contributed by atoms with Gasteiger partial charge in [-0.05, 0) is 30.2 Å². The van der Waals surface area contributed by atoms with Crippen LogP contribution in [-0.4, -0.2) is 6.54 Å². The molecule has 0 unspecified atom stereocenters. The molecular formula is C6H11N. The van der Waals surface area contributed by atoms with Gasteiger partial charge in [0.05, 0.1) is 0 Å². The average molecular weight is 97.2 g/mol. The third-order valence-electron chi connectivity index (χ3n) is 2.88. The molecule has 2 rings (SSSR count). The number of rotatable bonds is 1. The predicted molar refractivity (Wildman–Crippen MR) is 28.8 cm³/mol. The van der Waals surface area contributed by atoms with Crippen LogP contribution in [0.25, 0.3) is 0 Å². The Bertz CT molecular complexity index is 106. The summed E-state index contributed by atoms with van der Waals surface area (Å²) >= 11 is 0. The van der Waals surface area contributed by atoms with Crippen molar-refractivity contribution in [2.75, 3.05) is 6.54 Å². The summed E-state index contributed by atoms with van der Waals surface area (Å²) in [6.45, 7) is 3.27. The molecule has 2 aliphatic rings. The van der Waals surface area contributed by atoms with Crippen LogP contribution in [0.3, 0.4) is 0 Å². The minimum atomic E-state index is 0.674. The summed E-state index contributed by atoms with van der Waals surface area (Å²) in [5, 5.41) is 0. The first-order valence-electron chi connectivity index (χ1n) is 2.93. The molecule has 2 fully saturated rings. The van der Waals surface area contributed by atoms with Crippen LogP contribution in [0.15, 0.2) is 0 Å². The van der Waals surface area contributed by atoms with Crippen LogP contribution >= 0.6 is 0 Å². The van der Waals surface area contributed by atoms with Gasteiger partial charge in [-0.3, -0.25) is 0 Å². The van der Waals surface area contributed by atoms with E-state index >= 15 is 0 Å². The maximum atomic E-state index is 5.49. The normalized spacial score (nSPS) is 64.3. The summed E-state index contributed by atoms with van der Waals surface area (Å²) in [7, 11) is 0. The molecule has 1 heteroatoms. The Kier molecular flexibility index (Phi) is 0.365. The first-order valence-corrected chi connectivity index (χ1v) is 2.93. The Balaban J connectivity index is 2.14. The number of nitrogens with two attached hydrogens (primary N) is 1. The third-order valence-corrected chi connectivity index (χ3v) is 2.88. The van der Waals surface area contributed by atoms with E-state index in [0.717, 1.165) is 12.0 Å². The Morgan fingerprint density at radius 2 is 2.00 bits per heavy atom. The molecule has 40 valence electrons. The molecule has 2 saturated carbocycles. The highest BCUT2D eigenvalue weighted by molar-refractivity contribution is 5.28. The van der Waals surface area contributed by atoms with Gasteiger partial charge in [0.1, 0.15) is 0 Å². The zero-order valence-electron chi connectivity index (χ0n) is 4.70. The van der Waals surface area contributed by atoms with Crippen molar-refractivity contribution in [1.82, 2.24) is 0 Å². The highest BCUT2D eigenvalue weighted by atomic mass is 14.9. The lowest BCUT2D eigenvalue weighted by molar-refractivity contribution is 0.648. The molecule has 0 aromatic carbocycles. The molecule has 0 amide bonds. The van der Waals surface area contributed by atoms with E-state index < -0.39 is 0 Å². The number of fused-ring (bicyclic) bond motifs is 1. The summed E-state index contributed by atoms with van der Waals surface area (Å²) in [5.74, 6) is 0. The van der Waals surface area contributed by atoms with Gasteiger partial charge in [0.15, 0.2) is 0 Å².